The zero-order valence-corrected chi connectivity index (χ0v) is 43.2. The smallest absolute Gasteiger partial charge is 0.0579 e. The molecule has 0 radical (unpaired) electrons. The molecule has 0 N–H and O–H groups in total. The number of allylic oxidation sites excluding steroid dienone is 8. The van der Waals surface area contributed by atoms with Gasteiger partial charge in [0.05, 0.1) is 0 Å². The molecule has 0 amide bonds. The average molecular weight is 967 g/mol. The first-order valence-electron chi connectivity index (χ1n) is 18.8. The number of hydrogen-bond acceptors (Lipinski definition) is 0. The van der Waals surface area contributed by atoms with Crippen molar-refractivity contribution in [3.05, 3.63) is 191 Å². The van der Waals surface area contributed by atoms with Gasteiger partial charge in [-0.3, -0.25) is 12.2 Å². The Hall–Kier alpha value is -2.16. The molecular formula is C50H56Cl2Si2Zr2-2. The maximum absolute atomic E-state index is 3.39. The van der Waals surface area contributed by atoms with E-state index in [0.717, 1.165) is 0 Å². The molecule has 0 nitrogen and oxygen atoms in total. The normalized spacial score (nSPS) is 14.6. The van der Waals surface area contributed by atoms with Crippen LogP contribution < -0.4 is 24.8 Å². The Balaban J connectivity index is 0.000000349. The monoisotopic (exact) mass is 962 g/mol. The first kappa shape index (κ1) is 51.9. The largest absolute Gasteiger partial charge is 1.00 e. The van der Waals surface area contributed by atoms with Crippen LogP contribution in [0.4, 0.5) is 0 Å². The summed E-state index contributed by atoms with van der Waals surface area (Å²) in [5.41, 5.74) is 11.0. The van der Waals surface area contributed by atoms with Crippen LogP contribution in [0.1, 0.15) is 49.9 Å². The molecular weight excluding hydrogens is 910 g/mol. The summed E-state index contributed by atoms with van der Waals surface area (Å²) < 4.78 is 0. The summed E-state index contributed by atoms with van der Waals surface area (Å²) in [5, 5.41) is 5.39. The third-order valence-corrected chi connectivity index (χ3v) is 8.22. The van der Waals surface area contributed by atoms with Crippen molar-refractivity contribution in [2.24, 2.45) is 11.8 Å². The van der Waals surface area contributed by atoms with Crippen molar-refractivity contribution < 1.29 is 71.5 Å². The minimum atomic E-state index is 0. The molecule has 0 saturated carbocycles. The van der Waals surface area contributed by atoms with Gasteiger partial charge in [-0.2, -0.15) is 35.4 Å². The molecule has 2 atom stereocenters. The van der Waals surface area contributed by atoms with E-state index in [1.165, 1.54) is 66.1 Å². The molecule has 0 aromatic heterocycles. The molecule has 6 aromatic rings. The molecule has 6 aromatic carbocycles. The first-order chi connectivity index (χ1) is 25.7. The van der Waals surface area contributed by atoms with E-state index in [2.05, 4.69) is 213 Å². The van der Waals surface area contributed by atoms with Gasteiger partial charge in [0.1, 0.15) is 0 Å². The maximum atomic E-state index is 3.39. The van der Waals surface area contributed by atoms with Crippen LogP contribution in [0.2, 0.25) is 26.2 Å². The van der Waals surface area contributed by atoms with Crippen molar-refractivity contribution in [2.75, 3.05) is 0 Å². The summed E-state index contributed by atoms with van der Waals surface area (Å²) >= 11 is 3.48. The van der Waals surface area contributed by atoms with Gasteiger partial charge in [0.2, 0.25) is 0 Å². The van der Waals surface area contributed by atoms with E-state index in [1.807, 2.05) is 12.1 Å². The van der Waals surface area contributed by atoms with Crippen LogP contribution in [0.3, 0.4) is 0 Å². The van der Waals surface area contributed by atoms with E-state index in [0.29, 0.717) is 11.8 Å². The van der Waals surface area contributed by atoms with Gasteiger partial charge in [-0.25, -0.2) is 11.1 Å². The SMILES string of the molecule is CC1=[C-]C(C)C=C1c1ccccc1.CC1=[C-]C(C)C=C1c1ccccc1.C[Si](C)=[Zr+2].C[Si](C)=[Zr+2].Cc1cc2ccccc2[cH-]1.Cc1cc2ccccc2[cH-]1.[Cl-].[Cl-]. The Kier molecular flexibility index (Phi) is 25.5. The Bertz CT molecular complexity index is 1990. The van der Waals surface area contributed by atoms with Gasteiger partial charge < -0.3 is 24.8 Å². The zero-order chi connectivity index (χ0) is 39.6. The number of hydrogen-bond donors (Lipinski definition) is 0. The molecule has 6 heteroatoms. The minimum Gasteiger partial charge on any atom is -1.00 e. The molecule has 0 fully saturated rings. The van der Waals surface area contributed by atoms with Gasteiger partial charge in [0.15, 0.2) is 0 Å². The third-order valence-electron chi connectivity index (χ3n) is 8.22. The van der Waals surface area contributed by atoms with Crippen LogP contribution in [0.25, 0.3) is 32.7 Å². The molecule has 0 aliphatic heterocycles. The number of aryl methyl sites for hydroxylation is 2. The molecule has 8 rings (SSSR count). The van der Waals surface area contributed by atoms with E-state index >= 15 is 0 Å². The van der Waals surface area contributed by atoms with Crippen LogP contribution >= 0.6 is 0 Å². The van der Waals surface area contributed by atoms with E-state index in [1.54, 1.807) is 46.7 Å². The Morgan fingerprint density at radius 1 is 0.482 bits per heavy atom. The second kappa shape index (κ2) is 27.5. The van der Waals surface area contributed by atoms with E-state index < -0.39 is 0 Å². The van der Waals surface area contributed by atoms with E-state index in [-0.39, 0.29) is 35.7 Å². The topological polar surface area (TPSA) is 0 Å². The Morgan fingerprint density at radius 2 is 0.768 bits per heavy atom. The summed E-state index contributed by atoms with van der Waals surface area (Å²) in [6, 6.07) is 46.7. The summed E-state index contributed by atoms with van der Waals surface area (Å²) in [4.78, 5) is 0. The summed E-state index contributed by atoms with van der Waals surface area (Å²) in [5.74, 6) is 0.936. The molecule has 0 bridgehead atoms. The van der Waals surface area contributed by atoms with Crippen molar-refractivity contribution >= 4 is 43.6 Å². The molecule has 288 valence electrons. The predicted molar refractivity (Wildman–Crippen MR) is 236 cm³/mol. The molecule has 2 unspecified atom stereocenters. The maximum Gasteiger partial charge on any atom is -0.0579 e. The van der Waals surface area contributed by atoms with Crippen LogP contribution in [-0.2, 0) is 46.7 Å². The fraction of sp³-hybridized carbons (Fsp3) is 0.240. The van der Waals surface area contributed by atoms with Crippen molar-refractivity contribution in [3.63, 3.8) is 0 Å². The third kappa shape index (κ3) is 19.1. The molecule has 0 spiro atoms. The van der Waals surface area contributed by atoms with Gasteiger partial charge >= 0.3 is 83.7 Å². The zero-order valence-electron chi connectivity index (χ0n) is 34.8. The quantitative estimate of drug-likeness (QED) is 0.121. The Labute approximate surface area is 382 Å². The summed E-state index contributed by atoms with van der Waals surface area (Å²) in [6.07, 6.45) is 11.3. The summed E-state index contributed by atoms with van der Waals surface area (Å²) in [7, 11) is 0. The van der Waals surface area contributed by atoms with Crippen LogP contribution in [0.5, 0.6) is 0 Å². The molecule has 2 aliphatic rings. The molecule has 0 saturated heterocycles. The molecule has 56 heavy (non-hydrogen) atoms. The van der Waals surface area contributed by atoms with E-state index in [9.17, 15) is 0 Å². The fourth-order valence-corrected chi connectivity index (χ4v) is 6.14. The van der Waals surface area contributed by atoms with Crippen molar-refractivity contribution in [1.82, 2.24) is 0 Å². The van der Waals surface area contributed by atoms with Gasteiger partial charge in [-0.1, -0.05) is 126 Å². The number of halogens is 2. The van der Waals surface area contributed by atoms with Crippen molar-refractivity contribution in [2.45, 2.75) is 67.7 Å². The number of benzene rings is 4. The summed E-state index contributed by atoms with van der Waals surface area (Å²) in [6.45, 7) is 22.1. The second-order valence-electron chi connectivity index (χ2n) is 14.3. The average Bonchev–Trinajstić information content (AvgIpc) is 3.89. The molecule has 2 aliphatic carbocycles. The van der Waals surface area contributed by atoms with Gasteiger partial charge in [-0.05, 0) is 0 Å². The van der Waals surface area contributed by atoms with Crippen molar-refractivity contribution in [1.29, 1.82) is 0 Å². The number of fused-ring (bicyclic) bond motifs is 2. The Morgan fingerprint density at radius 3 is 1.04 bits per heavy atom. The van der Waals surface area contributed by atoms with Crippen LogP contribution in [0.15, 0.2) is 157 Å². The van der Waals surface area contributed by atoms with Gasteiger partial charge in [0.25, 0.3) is 0 Å². The van der Waals surface area contributed by atoms with Crippen LogP contribution in [-0.4, -0.2) is 10.9 Å². The van der Waals surface area contributed by atoms with Gasteiger partial charge in [-0.15, -0.1) is 92.3 Å². The van der Waals surface area contributed by atoms with E-state index in [4.69, 9.17) is 0 Å². The van der Waals surface area contributed by atoms with Gasteiger partial charge in [0, 0.05) is 0 Å². The first-order valence-corrected chi connectivity index (χ1v) is 31.1. The van der Waals surface area contributed by atoms with Crippen LogP contribution in [0, 0.1) is 37.8 Å². The minimum absolute atomic E-state index is 0. The second-order valence-corrected chi connectivity index (χ2v) is 33.1. The number of rotatable bonds is 2. The van der Waals surface area contributed by atoms with Crippen molar-refractivity contribution in [3.8, 4) is 0 Å². The predicted octanol–water partition coefficient (Wildman–Crippen LogP) is 8.25. The molecule has 0 heterocycles. The fourth-order valence-electron chi connectivity index (χ4n) is 6.14. The standard InChI is InChI=1S/2C13H13.2C10H9.2C2H6Si.2ClH.2Zr/c2*1-10-8-11(2)13(9-10)12-6-4-3-5-7-12;2*1-8-6-9-4-2-3-5-10(9)7-8;2*1-3-2;;;;/h2*3-7,9-10H,1-2H3;2*2-7H,1H3;2*1-2H3;2*1H;;/q4*-1;;;;;2*+2/p-2.